The molecule has 0 aliphatic heterocycles. The van der Waals surface area contributed by atoms with Gasteiger partial charge in [0.25, 0.3) is 0 Å². The van der Waals surface area contributed by atoms with Crippen molar-refractivity contribution in [3.05, 3.63) is 12.2 Å². The van der Waals surface area contributed by atoms with Crippen LogP contribution >= 0.6 is 11.6 Å². The average molecular weight is 256 g/mol. The Bertz CT molecular complexity index is 361. The van der Waals surface area contributed by atoms with Crippen LogP contribution in [0.25, 0.3) is 0 Å². The number of hydrogen-bond acceptors (Lipinski definition) is 2. The first kappa shape index (κ1) is 12.9. The lowest BCUT2D eigenvalue weighted by atomic mass is 9.94. The summed E-state index contributed by atoms with van der Waals surface area (Å²) in [7, 11) is 0. The van der Waals surface area contributed by atoms with Gasteiger partial charge in [-0.1, -0.05) is 20.8 Å². The minimum absolute atomic E-state index is 0.349. The van der Waals surface area contributed by atoms with Gasteiger partial charge in [0.1, 0.15) is 12.2 Å². The molecule has 1 aliphatic carbocycles. The molecule has 0 bridgehead atoms. The molecule has 2 rings (SSSR count). The molecule has 0 saturated heterocycles. The number of alkyl halides is 1. The highest BCUT2D eigenvalue weighted by Crippen LogP contribution is 2.37. The third kappa shape index (κ3) is 3.01. The summed E-state index contributed by atoms with van der Waals surface area (Å²) in [6.07, 6.45) is 5.07. The number of rotatable bonds is 4. The van der Waals surface area contributed by atoms with Crippen molar-refractivity contribution in [1.82, 2.24) is 14.8 Å². The Hall–Kier alpha value is -0.570. The van der Waals surface area contributed by atoms with E-state index in [-0.39, 0.29) is 0 Å². The van der Waals surface area contributed by atoms with E-state index in [4.69, 9.17) is 11.6 Å². The number of nitrogens with zero attached hydrogens (tertiary/aromatic N) is 3. The lowest BCUT2D eigenvalue weighted by molar-refractivity contribution is 0.389. The Kier molecular flexibility index (Phi) is 4.08. The van der Waals surface area contributed by atoms with E-state index in [1.54, 1.807) is 6.33 Å². The Morgan fingerprint density at radius 1 is 1.47 bits per heavy atom. The highest BCUT2D eigenvalue weighted by atomic mass is 35.5. The molecule has 3 nitrogen and oxygen atoms in total. The van der Waals surface area contributed by atoms with Crippen LogP contribution in [0, 0.1) is 17.8 Å². The summed E-state index contributed by atoms with van der Waals surface area (Å²) in [6.45, 7) is 7.64. The normalized spacial score (nSPS) is 29.1. The first-order chi connectivity index (χ1) is 8.08. The van der Waals surface area contributed by atoms with Gasteiger partial charge in [-0.2, -0.15) is 5.10 Å². The van der Waals surface area contributed by atoms with Crippen LogP contribution < -0.4 is 0 Å². The van der Waals surface area contributed by atoms with Gasteiger partial charge in [0, 0.05) is 18.3 Å². The minimum Gasteiger partial charge on any atom is -0.250 e. The molecule has 3 atom stereocenters. The lowest BCUT2D eigenvalue weighted by Crippen LogP contribution is -2.17. The van der Waals surface area contributed by atoms with Crippen molar-refractivity contribution in [1.29, 1.82) is 0 Å². The molecule has 1 aliphatic rings. The number of aromatic nitrogens is 3. The summed E-state index contributed by atoms with van der Waals surface area (Å²) < 4.78 is 2.05. The molecule has 1 aromatic heterocycles. The summed E-state index contributed by atoms with van der Waals surface area (Å²) in [6, 6.07) is 0. The topological polar surface area (TPSA) is 30.7 Å². The van der Waals surface area contributed by atoms with E-state index in [0.717, 1.165) is 25.2 Å². The summed E-state index contributed by atoms with van der Waals surface area (Å²) in [5.41, 5.74) is 0. The van der Waals surface area contributed by atoms with Gasteiger partial charge in [-0.3, -0.25) is 0 Å². The largest absolute Gasteiger partial charge is 0.250 e. The van der Waals surface area contributed by atoms with Gasteiger partial charge < -0.3 is 0 Å². The second-order valence-electron chi connectivity index (χ2n) is 5.67. The molecule has 0 aromatic carbocycles. The molecule has 96 valence electrons. The molecule has 4 heteroatoms. The fraction of sp³-hybridized carbons (Fsp3) is 0.846. The molecular weight excluding hydrogens is 234 g/mol. The van der Waals surface area contributed by atoms with Crippen LogP contribution in [0.15, 0.2) is 6.33 Å². The second kappa shape index (κ2) is 5.38. The van der Waals surface area contributed by atoms with Crippen LogP contribution in [0.5, 0.6) is 0 Å². The zero-order valence-corrected chi connectivity index (χ0v) is 11.7. The van der Waals surface area contributed by atoms with Crippen molar-refractivity contribution in [2.75, 3.05) is 0 Å². The van der Waals surface area contributed by atoms with Crippen molar-refractivity contribution < 1.29 is 0 Å². The van der Waals surface area contributed by atoms with Crippen LogP contribution in [-0.4, -0.2) is 20.1 Å². The smallest absolute Gasteiger partial charge is 0.138 e. The van der Waals surface area contributed by atoms with Crippen LogP contribution in [0.3, 0.4) is 0 Å². The Balaban J connectivity index is 2.01. The molecule has 1 saturated carbocycles. The Labute approximate surface area is 109 Å². The molecule has 1 aromatic rings. The second-order valence-corrected chi connectivity index (χ2v) is 6.23. The highest BCUT2D eigenvalue weighted by molar-refractivity contribution is 6.20. The van der Waals surface area contributed by atoms with Gasteiger partial charge in [-0.25, -0.2) is 9.67 Å². The maximum atomic E-state index is 6.28. The molecular formula is C13H22ClN3. The summed E-state index contributed by atoms with van der Waals surface area (Å²) in [5.74, 6) is 3.01. The van der Waals surface area contributed by atoms with Gasteiger partial charge in [0.15, 0.2) is 0 Å². The first-order valence-corrected chi connectivity index (χ1v) is 7.02. The molecule has 0 N–H and O–H groups in total. The standard InChI is InChI=1S/C13H22ClN3/c1-9(2)7-17-13(15-8-16-17)6-11-4-5-12(14)10(11)3/h8-12H,4-7H2,1-3H3. The fourth-order valence-corrected chi connectivity index (χ4v) is 2.99. The van der Waals surface area contributed by atoms with Crippen molar-refractivity contribution in [2.24, 2.45) is 17.8 Å². The van der Waals surface area contributed by atoms with Gasteiger partial charge in [-0.15, -0.1) is 11.6 Å². The maximum absolute atomic E-state index is 6.28. The van der Waals surface area contributed by atoms with E-state index in [0.29, 0.717) is 23.1 Å². The van der Waals surface area contributed by atoms with E-state index in [2.05, 4.69) is 35.5 Å². The summed E-state index contributed by atoms with van der Waals surface area (Å²) in [5, 5.41) is 4.66. The van der Waals surface area contributed by atoms with Gasteiger partial charge in [0.2, 0.25) is 0 Å². The van der Waals surface area contributed by atoms with Gasteiger partial charge >= 0.3 is 0 Å². The SMILES string of the molecule is CC(C)Cn1ncnc1CC1CCC(Cl)C1C. The van der Waals surface area contributed by atoms with Crippen molar-refractivity contribution in [3.8, 4) is 0 Å². The summed E-state index contributed by atoms with van der Waals surface area (Å²) in [4.78, 5) is 4.40. The third-order valence-electron chi connectivity index (χ3n) is 3.81. The van der Waals surface area contributed by atoms with Crippen LogP contribution in [-0.2, 0) is 13.0 Å². The lowest BCUT2D eigenvalue weighted by Gasteiger charge is -2.17. The third-order valence-corrected chi connectivity index (χ3v) is 4.42. The summed E-state index contributed by atoms with van der Waals surface area (Å²) >= 11 is 6.28. The Morgan fingerprint density at radius 3 is 2.82 bits per heavy atom. The van der Waals surface area contributed by atoms with Gasteiger partial charge in [0.05, 0.1) is 0 Å². The predicted molar refractivity (Wildman–Crippen MR) is 70.1 cm³/mol. The minimum atomic E-state index is 0.349. The molecule has 1 fully saturated rings. The predicted octanol–water partition coefficient (Wildman–Crippen LogP) is 3.13. The van der Waals surface area contributed by atoms with Crippen molar-refractivity contribution in [2.45, 2.75) is 52.0 Å². The molecule has 17 heavy (non-hydrogen) atoms. The highest BCUT2D eigenvalue weighted by Gasteiger charge is 2.32. The van der Waals surface area contributed by atoms with E-state index >= 15 is 0 Å². The van der Waals surface area contributed by atoms with Crippen LogP contribution in [0.1, 0.15) is 39.4 Å². The number of hydrogen-bond donors (Lipinski definition) is 0. The fourth-order valence-electron chi connectivity index (χ4n) is 2.66. The first-order valence-electron chi connectivity index (χ1n) is 6.58. The van der Waals surface area contributed by atoms with Crippen LogP contribution in [0.2, 0.25) is 0 Å². The molecule has 0 radical (unpaired) electrons. The Morgan fingerprint density at radius 2 is 2.24 bits per heavy atom. The molecule has 0 amide bonds. The van der Waals surface area contributed by atoms with E-state index in [1.165, 1.54) is 6.42 Å². The molecule has 0 spiro atoms. The van der Waals surface area contributed by atoms with Crippen molar-refractivity contribution >= 4 is 11.6 Å². The average Bonchev–Trinajstić information content (AvgIpc) is 2.80. The number of halogens is 1. The quantitative estimate of drug-likeness (QED) is 0.774. The molecule has 1 heterocycles. The van der Waals surface area contributed by atoms with E-state index in [1.807, 2.05) is 0 Å². The zero-order valence-electron chi connectivity index (χ0n) is 10.9. The van der Waals surface area contributed by atoms with Crippen molar-refractivity contribution in [3.63, 3.8) is 0 Å². The maximum Gasteiger partial charge on any atom is 0.138 e. The van der Waals surface area contributed by atoms with E-state index in [9.17, 15) is 0 Å². The molecule has 3 unspecified atom stereocenters. The van der Waals surface area contributed by atoms with Crippen LogP contribution in [0.4, 0.5) is 0 Å². The van der Waals surface area contributed by atoms with Gasteiger partial charge in [-0.05, 0) is 30.6 Å². The monoisotopic (exact) mass is 255 g/mol. The zero-order chi connectivity index (χ0) is 12.4. The van der Waals surface area contributed by atoms with E-state index < -0.39 is 0 Å².